The summed E-state index contributed by atoms with van der Waals surface area (Å²) >= 11 is 0. The van der Waals surface area contributed by atoms with E-state index in [4.69, 9.17) is 4.74 Å². The average Bonchev–Trinajstić information content (AvgIpc) is 2.51. The van der Waals surface area contributed by atoms with Crippen molar-refractivity contribution in [2.24, 2.45) is 0 Å². The molecule has 1 aliphatic carbocycles. The third-order valence-corrected chi connectivity index (χ3v) is 3.31. The summed E-state index contributed by atoms with van der Waals surface area (Å²) in [6.45, 7) is 3.93. The normalized spacial score (nSPS) is 18.9. The zero-order valence-corrected chi connectivity index (χ0v) is 10.9. The van der Waals surface area contributed by atoms with E-state index in [1.165, 1.54) is 0 Å². The van der Waals surface area contributed by atoms with E-state index in [0.717, 1.165) is 36.9 Å². The number of fused-ring (bicyclic) bond motifs is 1. The number of carbonyl (C=O) groups excluding carboxylic acids is 1. The number of aromatic nitrogens is 1. The SMILES string of the molecule is CCOC(=O)c1cc2c(nc1C)C(O)CCCC2. The van der Waals surface area contributed by atoms with Gasteiger partial charge in [0.2, 0.25) is 0 Å². The van der Waals surface area contributed by atoms with Gasteiger partial charge in [-0.15, -0.1) is 0 Å². The van der Waals surface area contributed by atoms with Gasteiger partial charge in [-0.25, -0.2) is 4.79 Å². The lowest BCUT2D eigenvalue weighted by molar-refractivity contribution is 0.0524. The summed E-state index contributed by atoms with van der Waals surface area (Å²) in [4.78, 5) is 16.2. The first-order valence-corrected chi connectivity index (χ1v) is 6.49. The van der Waals surface area contributed by atoms with Gasteiger partial charge in [-0.3, -0.25) is 4.98 Å². The minimum Gasteiger partial charge on any atom is -0.462 e. The molecule has 1 aromatic rings. The lowest BCUT2D eigenvalue weighted by Crippen LogP contribution is -2.12. The molecule has 2 rings (SSSR count). The number of pyridine rings is 1. The topological polar surface area (TPSA) is 59.4 Å². The predicted molar refractivity (Wildman–Crippen MR) is 67.4 cm³/mol. The van der Waals surface area contributed by atoms with E-state index in [9.17, 15) is 9.90 Å². The van der Waals surface area contributed by atoms with Crippen LogP contribution in [0.5, 0.6) is 0 Å². The van der Waals surface area contributed by atoms with Gasteiger partial charge in [-0.05, 0) is 44.7 Å². The maximum atomic E-state index is 11.8. The summed E-state index contributed by atoms with van der Waals surface area (Å²) in [5.41, 5.74) is 2.87. The molecule has 0 bridgehead atoms. The molecule has 1 aromatic heterocycles. The van der Waals surface area contributed by atoms with Crippen molar-refractivity contribution in [2.75, 3.05) is 6.61 Å². The van der Waals surface area contributed by atoms with Gasteiger partial charge in [0.25, 0.3) is 0 Å². The van der Waals surface area contributed by atoms with E-state index in [1.54, 1.807) is 13.8 Å². The fourth-order valence-corrected chi connectivity index (χ4v) is 2.36. The van der Waals surface area contributed by atoms with Crippen LogP contribution in [0.15, 0.2) is 6.07 Å². The van der Waals surface area contributed by atoms with Crippen LogP contribution in [-0.4, -0.2) is 22.7 Å². The molecule has 0 spiro atoms. The molecule has 0 radical (unpaired) electrons. The molecule has 0 fully saturated rings. The molecule has 18 heavy (non-hydrogen) atoms. The molecule has 98 valence electrons. The van der Waals surface area contributed by atoms with Crippen LogP contribution in [0.1, 0.15) is 59.6 Å². The van der Waals surface area contributed by atoms with Gasteiger partial charge in [-0.1, -0.05) is 6.42 Å². The lowest BCUT2D eigenvalue weighted by atomic mass is 10.0. The Balaban J connectivity index is 2.41. The maximum absolute atomic E-state index is 11.8. The van der Waals surface area contributed by atoms with Crippen LogP contribution >= 0.6 is 0 Å². The van der Waals surface area contributed by atoms with Crippen molar-refractivity contribution in [1.82, 2.24) is 4.98 Å². The second-order valence-electron chi connectivity index (χ2n) is 4.65. The summed E-state index contributed by atoms with van der Waals surface area (Å²) < 4.78 is 5.02. The van der Waals surface area contributed by atoms with Crippen LogP contribution in [0.3, 0.4) is 0 Å². The molecule has 1 heterocycles. The fourth-order valence-electron chi connectivity index (χ4n) is 2.36. The van der Waals surface area contributed by atoms with E-state index < -0.39 is 6.10 Å². The third kappa shape index (κ3) is 2.53. The van der Waals surface area contributed by atoms with Gasteiger partial charge >= 0.3 is 5.97 Å². The minimum absolute atomic E-state index is 0.330. The van der Waals surface area contributed by atoms with Crippen molar-refractivity contribution in [3.63, 3.8) is 0 Å². The van der Waals surface area contributed by atoms with Crippen LogP contribution in [0, 0.1) is 6.92 Å². The number of hydrogen-bond donors (Lipinski definition) is 1. The van der Waals surface area contributed by atoms with Crippen molar-refractivity contribution in [3.8, 4) is 0 Å². The van der Waals surface area contributed by atoms with Gasteiger partial charge in [0, 0.05) is 0 Å². The van der Waals surface area contributed by atoms with E-state index in [1.807, 2.05) is 6.07 Å². The fraction of sp³-hybridized carbons (Fsp3) is 0.571. The molecule has 0 aliphatic heterocycles. The lowest BCUT2D eigenvalue weighted by Gasteiger charge is -2.14. The largest absolute Gasteiger partial charge is 0.462 e. The molecule has 0 saturated heterocycles. The van der Waals surface area contributed by atoms with Crippen molar-refractivity contribution < 1.29 is 14.6 Å². The molecule has 0 saturated carbocycles. The summed E-state index contributed by atoms with van der Waals surface area (Å²) in [5.74, 6) is -0.330. The van der Waals surface area contributed by atoms with Gasteiger partial charge in [0.15, 0.2) is 0 Å². The second kappa shape index (κ2) is 5.48. The quantitative estimate of drug-likeness (QED) is 0.645. The van der Waals surface area contributed by atoms with E-state index in [0.29, 0.717) is 17.9 Å². The summed E-state index contributed by atoms with van der Waals surface area (Å²) in [6.07, 6.45) is 3.13. The first kappa shape index (κ1) is 13.0. The highest BCUT2D eigenvalue weighted by atomic mass is 16.5. The molecular weight excluding hydrogens is 230 g/mol. The number of aliphatic hydroxyl groups is 1. The number of nitrogens with zero attached hydrogens (tertiary/aromatic N) is 1. The third-order valence-electron chi connectivity index (χ3n) is 3.31. The smallest absolute Gasteiger partial charge is 0.339 e. The Kier molecular flexibility index (Phi) is 3.97. The second-order valence-corrected chi connectivity index (χ2v) is 4.65. The van der Waals surface area contributed by atoms with Crippen molar-refractivity contribution >= 4 is 5.97 Å². The Bertz CT molecular complexity index is 457. The Morgan fingerprint density at radius 2 is 2.33 bits per heavy atom. The highest BCUT2D eigenvalue weighted by Gasteiger charge is 2.21. The predicted octanol–water partition coefficient (Wildman–Crippen LogP) is 2.33. The van der Waals surface area contributed by atoms with Gasteiger partial charge in [-0.2, -0.15) is 0 Å². The number of rotatable bonds is 2. The molecule has 0 aromatic carbocycles. The summed E-state index contributed by atoms with van der Waals surface area (Å²) in [5, 5.41) is 10.0. The highest BCUT2D eigenvalue weighted by Crippen LogP contribution is 2.28. The number of ether oxygens (including phenoxy) is 1. The van der Waals surface area contributed by atoms with Crippen molar-refractivity contribution in [2.45, 2.75) is 45.6 Å². The van der Waals surface area contributed by atoms with Crippen LogP contribution < -0.4 is 0 Å². The molecule has 1 atom stereocenters. The molecular formula is C14H19NO3. The Morgan fingerprint density at radius 3 is 3.06 bits per heavy atom. The summed E-state index contributed by atoms with van der Waals surface area (Å²) in [6, 6.07) is 1.84. The molecule has 0 amide bonds. The maximum Gasteiger partial charge on any atom is 0.339 e. The number of aliphatic hydroxyl groups excluding tert-OH is 1. The Morgan fingerprint density at radius 1 is 1.56 bits per heavy atom. The van der Waals surface area contributed by atoms with Crippen LogP contribution in [0.4, 0.5) is 0 Å². The molecule has 4 nitrogen and oxygen atoms in total. The first-order chi connectivity index (χ1) is 8.63. The van der Waals surface area contributed by atoms with Crippen LogP contribution in [0.2, 0.25) is 0 Å². The summed E-state index contributed by atoms with van der Waals surface area (Å²) in [7, 11) is 0. The number of carbonyl (C=O) groups is 1. The molecule has 1 N–H and O–H groups in total. The van der Waals surface area contributed by atoms with E-state index in [-0.39, 0.29) is 5.97 Å². The van der Waals surface area contributed by atoms with E-state index in [2.05, 4.69) is 4.98 Å². The van der Waals surface area contributed by atoms with Gasteiger partial charge in [0.05, 0.1) is 29.7 Å². The zero-order chi connectivity index (χ0) is 13.1. The monoisotopic (exact) mass is 249 g/mol. The number of esters is 1. The van der Waals surface area contributed by atoms with Crippen LogP contribution in [0.25, 0.3) is 0 Å². The average molecular weight is 249 g/mol. The molecule has 1 unspecified atom stereocenters. The zero-order valence-electron chi connectivity index (χ0n) is 10.9. The van der Waals surface area contributed by atoms with Crippen molar-refractivity contribution in [1.29, 1.82) is 0 Å². The minimum atomic E-state index is -0.502. The number of hydrogen-bond acceptors (Lipinski definition) is 4. The number of aryl methyl sites for hydroxylation is 2. The molecule has 4 heteroatoms. The van der Waals surface area contributed by atoms with Crippen LogP contribution in [-0.2, 0) is 11.2 Å². The highest BCUT2D eigenvalue weighted by molar-refractivity contribution is 5.90. The Hall–Kier alpha value is -1.42. The standard InChI is InChI=1S/C14H19NO3/c1-3-18-14(17)11-8-10-6-4-5-7-12(16)13(10)15-9(11)2/h8,12,16H,3-7H2,1-2H3. The van der Waals surface area contributed by atoms with E-state index >= 15 is 0 Å². The first-order valence-electron chi connectivity index (χ1n) is 6.49. The van der Waals surface area contributed by atoms with Gasteiger partial charge < -0.3 is 9.84 Å². The Labute approximate surface area is 107 Å². The van der Waals surface area contributed by atoms with Gasteiger partial charge in [0.1, 0.15) is 0 Å². The molecule has 1 aliphatic rings. The van der Waals surface area contributed by atoms with Crippen molar-refractivity contribution in [3.05, 3.63) is 28.6 Å².